The Bertz CT molecular complexity index is 735. The summed E-state index contributed by atoms with van der Waals surface area (Å²) in [6, 6.07) is 6.02. The normalized spacial score (nSPS) is 18.2. The van der Waals surface area contributed by atoms with Gasteiger partial charge in [0.05, 0.1) is 25.2 Å². The highest BCUT2D eigenvalue weighted by atomic mass is 32.2. The smallest absolute Gasteiger partial charge is 0.309 e. The Hall–Kier alpha value is -2.17. The summed E-state index contributed by atoms with van der Waals surface area (Å²) in [4.78, 5) is 23.3. The number of ether oxygens (including phenoxy) is 2. The zero-order valence-corrected chi connectivity index (χ0v) is 15.5. The maximum Gasteiger partial charge on any atom is 0.309 e. The van der Waals surface area contributed by atoms with Crippen molar-refractivity contribution >= 4 is 21.8 Å². The third-order valence-electron chi connectivity index (χ3n) is 3.80. The van der Waals surface area contributed by atoms with Gasteiger partial charge in [0.15, 0.2) is 0 Å². The van der Waals surface area contributed by atoms with Crippen LogP contribution in [0.5, 0.6) is 5.75 Å². The molecule has 0 bridgehead atoms. The highest BCUT2D eigenvalue weighted by molar-refractivity contribution is 7.89. The molecule has 1 atom stereocenters. The van der Waals surface area contributed by atoms with Gasteiger partial charge in [0, 0.05) is 13.1 Å². The molecule has 0 spiro atoms. The second-order valence-corrected chi connectivity index (χ2v) is 7.43. The average molecular weight is 385 g/mol. The second-order valence-electron chi connectivity index (χ2n) is 5.54. The fraction of sp³-hybridized carbons (Fsp3) is 0.500. The molecule has 9 nitrogen and oxygen atoms in total. The van der Waals surface area contributed by atoms with Gasteiger partial charge in [-0.25, -0.2) is 8.42 Å². The van der Waals surface area contributed by atoms with Crippen molar-refractivity contribution in [2.24, 2.45) is 0 Å². The van der Waals surface area contributed by atoms with Crippen LogP contribution in [-0.4, -0.2) is 64.1 Å². The van der Waals surface area contributed by atoms with E-state index in [0.29, 0.717) is 25.3 Å². The summed E-state index contributed by atoms with van der Waals surface area (Å²) >= 11 is 0. The Balaban J connectivity index is 2.11. The van der Waals surface area contributed by atoms with E-state index in [1.54, 1.807) is 19.1 Å². The summed E-state index contributed by atoms with van der Waals surface area (Å²) in [5.41, 5.74) is 0. The van der Waals surface area contributed by atoms with Crippen LogP contribution in [0.15, 0.2) is 29.2 Å². The molecule has 2 amide bonds. The first-order chi connectivity index (χ1) is 12.4. The van der Waals surface area contributed by atoms with E-state index in [1.165, 1.54) is 23.5 Å². The lowest BCUT2D eigenvalue weighted by Gasteiger charge is -2.34. The fourth-order valence-corrected chi connectivity index (χ4v) is 4.05. The van der Waals surface area contributed by atoms with E-state index in [4.69, 9.17) is 9.47 Å². The van der Waals surface area contributed by atoms with Gasteiger partial charge in [-0.2, -0.15) is 4.31 Å². The lowest BCUT2D eigenvalue weighted by molar-refractivity contribution is -0.140. The molecule has 0 saturated carbocycles. The van der Waals surface area contributed by atoms with Crippen LogP contribution in [0.2, 0.25) is 0 Å². The summed E-state index contributed by atoms with van der Waals surface area (Å²) in [5.74, 6) is -1.06. The summed E-state index contributed by atoms with van der Waals surface area (Å²) in [6.45, 7) is 2.53. The molecule has 1 aliphatic rings. The lowest BCUT2D eigenvalue weighted by Crippen LogP contribution is -2.53. The molecule has 26 heavy (non-hydrogen) atoms. The Morgan fingerprint density at radius 3 is 2.50 bits per heavy atom. The van der Waals surface area contributed by atoms with E-state index in [0.717, 1.165) is 0 Å². The number of amides is 2. The largest absolute Gasteiger partial charge is 0.497 e. The predicted octanol–water partition coefficient (Wildman–Crippen LogP) is -0.315. The number of rotatable bonds is 6. The number of methoxy groups -OCH3 is 1. The topological polar surface area (TPSA) is 114 Å². The van der Waals surface area contributed by atoms with Gasteiger partial charge in [-0.1, -0.05) is 0 Å². The minimum absolute atomic E-state index is 0.101. The third kappa shape index (κ3) is 4.71. The predicted molar refractivity (Wildman–Crippen MR) is 92.9 cm³/mol. The van der Waals surface area contributed by atoms with Crippen LogP contribution in [0.25, 0.3) is 0 Å². The molecule has 2 rings (SSSR count). The SMILES string of the molecule is CCNC(=O)C(=O)NC[C@H]1OCCCN1S(=O)(=O)c1ccc(OC)cc1. The molecule has 0 aliphatic carbocycles. The van der Waals surface area contributed by atoms with Crippen LogP contribution in [0.1, 0.15) is 13.3 Å². The molecular weight excluding hydrogens is 362 g/mol. The van der Waals surface area contributed by atoms with Crippen LogP contribution >= 0.6 is 0 Å². The van der Waals surface area contributed by atoms with Crippen LogP contribution in [0, 0.1) is 0 Å². The van der Waals surface area contributed by atoms with Crippen molar-refractivity contribution in [1.29, 1.82) is 0 Å². The van der Waals surface area contributed by atoms with Gasteiger partial charge in [0.2, 0.25) is 10.0 Å². The minimum atomic E-state index is -3.81. The molecular formula is C16H23N3O6S. The summed E-state index contributed by atoms with van der Waals surface area (Å²) in [5, 5.41) is 4.78. The van der Waals surface area contributed by atoms with E-state index in [-0.39, 0.29) is 18.0 Å². The van der Waals surface area contributed by atoms with Crippen molar-refractivity contribution < 1.29 is 27.5 Å². The molecule has 2 N–H and O–H groups in total. The number of hydrogen-bond donors (Lipinski definition) is 2. The average Bonchev–Trinajstić information content (AvgIpc) is 2.66. The Labute approximate surface area is 152 Å². The quantitative estimate of drug-likeness (QED) is 0.649. The number of nitrogens with zero attached hydrogens (tertiary/aromatic N) is 1. The monoisotopic (exact) mass is 385 g/mol. The molecule has 1 aromatic rings. The number of sulfonamides is 1. The van der Waals surface area contributed by atoms with Gasteiger partial charge in [0.1, 0.15) is 12.0 Å². The van der Waals surface area contributed by atoms with Crippen LogP contribution in [-0.2, 0) is 24.3 Å². The van der Waals surface area contributed by atoms with E-state index < -0.39 is 28.1 Å². The molecule has 144 valence electrons. The van der Waals surface area contributed by atoms with Crippen LogP contribution in [0.4, 0.5) is 0 Å². The summed E-state index contributed by atoms with van der Waals surface area (Å²) in [6.07, 6.45) is -0.342. The Kier molecular flexibility index (Phi) is 6.95. The second kappa shape index (κ2) is 8.97. The fourth-order valence-electron chi connectivity index (χ4n) is 2.49. The van der Waals surface area contributed by atoms with Gasteiger partial charge >= 0.3 is 11.8 Å². The van der Waals surface area contributed by atoms with E-state index >= 15 is 0 Å². The number of nitrogens with one attached hydrogen (secondary N) is 2. The molecule has 0 aromatic heterocycles. The lowest BCUT2D eigenvalue weighted by atomic mass is 10.3. The van der Waals surface area contributed by atoms with Gasteiger partial charge in [-0.15, -0.1) is 0 Å². The van der Waals surface area contributed by atoms with Gasteiger partial charge in [-0.3, -0.25) is 9.59 Å². The molecule has 0 radical (unpaired) electrons. The van der Waals surface area contributed by atoms with Gasteiger partial charge < -0.3 is 20.1 Å². The summed E-state index contributed by atoms with van der Waals surface area (Å²) in [7, 11) is -2.32. The number of carbonyl (C=O) groups is 2. The van der Waals surface area contributed by atoms with Crippen molar-refractivity contribution in [2.75, 3.05) is 33.4 Å². The molecule has 10 heteroatoms. The zero-order chi connectivity index (χ0) is 19.2. The number of benzene rings is 1. The van der Waals surface area contributed by atoms with Crippen molar-refractivity contribution in [3.63, 3.8) is 0 Å². The molecule has 1 heterocycles. The number of hydrogen-bond acceptors (Lipinski definition) is 6. The highest BCUT2D eigenvalue weighted by Gasteiger charge is 2.34. The van der Waals surface area contributed by atoms with Crippen molar-refractivity contribution in [2.45, 2.75) is 24.5 Å². The highest BCUT2D eigenvalue weighted by Crippen LogP contribution is 2.23. The molecule has 1 aliphatic heterocycles. The van der Waals surface area contributed by atoms with Crippen LogP contribution < -0.4 is 15.4 Å². The minimum Gasteiger partial charge on any atom is -0.497 e. The summed E-state index contributed by atoms with van der Waals surface area (Å²) < 4.78 is 37.5. The standard InChI is InChI=1S/C16H23N3O6S/c1-3-17-15(20)16(21)18-11-14-19(9-4-10-25-14)26(22,23)13-7-5-12(24-2)6-8-13/h5-8,14H,3-4,9-11H2,1-2H3,(H,17,20)(H,18,21)/t14-/m1/s1. The number of carbonyl (C=O) groups excluding carboxylic acids is 2. The number of likely N-dealkylation sites (N-methyl/N-ethyl adjacent to an activating group) is 1. The van der Waals surface area contributed by atoms with Crippen LogP contribution in [0.3, 0.4) is 0 Å². The third-order valence-corrected chi connectivity index (χ3v) is 5.70. The maximum absolute atomic E-state index is 12.9. The van der Waals surface area contributed by atoms with E-state index in [2.05, 4.69) is 10.6 Å². The molecule has 1 fully saturated rings. The first-order valence-corrected chi connectivity index (χ1v) is 9.67. The first kappa shape index (κ1) is 20.1. The van der Waals surface area contributed by atoms with Crippen molar-refractivity contribution in [3.8, 4) is 5.75 Å². The Morgan fingerprint density at radius 2 is 1.88 bits per heavy atom. The Morgan fingerprint density at radius 1 is 1.23 bits per heavy atom. The van der Waals surface area contributed by atoms with Crippen molar-refractivity contribution in [3.05, 3.63) is 24.3 Å². The van der Waals surface area contributed by atoms with E-state index in [1.807, 2.05) is 0 Å². The first-order valence-electron chi connectivity index (χ1n) is 8.23. The zero-order valence-electron chi connectivity index (χ0n) is 14.7. The molecule has 1 aromatic carbocycles. The van der Waals surface area contributed by atoms with E-state index in [9.17, 15) is 18.0 Å². The van der Waals surface area contributed by atoms with Crippen molar-refractivity contribution in [1.82, 2.24) is 14.9 Å². The van der Waals surface area contributed by atoms with Gasteiger partial charge in [0.25, 0.3) is 0 Å². The molecule has 0 unspecified atom stereocenters. The van der Waals surface area contributed by atoms with Gasteiger partial charge in [-0.05, 0) is 37.6 Å². The molecule has 1 saturated heterocycles. The maximum atomic E-state index is 12.9.